The van der Waals surface area contributed by atoms with Crippen molar-refractivity contribution in [2.24, 2.45) is 0 Å². The second-order valence-corrected chi connectivity index (χ2v) is 5.25. The number of anilines is 3. The van der Waals surface area contributed by atoms with E-state index in [0.717, 1.165) is 11.6 Å². The molecule has 0 fully saturated rings. The molecule has 0 unspecified atom stereocenters. The van der Waals surface area contributed by atoms with Crippen LogP contribution in [0.5, 0.6) is 0 Å². The summed E-state index contributed by atoms with van der Waals surface area (Å²) in [5.74, 6) is 0.586. The molecule has 0 aliphatic rings. The molecule has 0 amide bonds. The molecular weight excluding hydrogens is 329 g/mol. The predicted molar refractivity (Wildman–Crippen MR) is 91.7 cm³/mol. The van der Waals surface area contributed by atoms with Crippen molar-refractivity contribution in [3.63, 3.8) is 0 Å². The molecule has 4 nitrogen and oxygen atoms in total. The molecule has 1 heterocycles. The van der Waals surface area contributed by atoms with E-state index < -0.39 is 11.7 Å². The third-order valence-electron chi connectivity index (χ3n) is 3.51. The quantitative estimate of drug-likeness (QED) is 0.703. The van der Waals surface area contributed by atoms with Gasteiger partial charge in [-0.25, -0.2) is 4.98 Å². The van der Waals surface area contributed by atoms with Crippen LogP contribution in [-0.2, 0) is 6.18 Å². The number of benzene rings is 2. The smallest absolute Gasteiger partial charge is 0.357 e. The highest BCUT2D eigenvalue weighted by Crippen LogP contribution is 2.36. The lowest BCUT2D eigenvalue weighted by Crippen LogP contribution is -2.09. The molecule has 2 aromatic carbocycles. The Balaban J connectivity index is 2.02. The number of halogens is 3. The van der Waals surface area contributed by atoms with Crippen LogP contribution in [0, 0.1) is 0 Å². The van der Waals surface area contributed by atoms with Gasteiger partial charge in [-0.05, 0) is 12.1 Å². The number of rotatable bonds is 4. The van der Waals surface area contributed by atoms with Crippen LogP contribution >= 0.6 is 0 Å². The molecule has 0 aliphatic carbocycles. The number of nitrogens with zero attached hydrogens (tertiary/aromatic N) is 2. The average Bonchev–Trinajstić information content (AvgIpc) is 2.61. The molecule has 1 aromatic heterocycles. The van der Waals surface area contributed by atoms with E-state index in [1.165, 1.54) is 18.2 Å². The van der Waals surface area contributed by atoms with Crippen LogP contribution in [0.15, 0.2) is 60.7 Å². The Morgan fingerprint density at radius 2 is 1.56 bits per heavy atom. The van der Waals surface area contributed by atoms with Gasteiger partial charge in [0.25, 0.3) is 0 Å². The first-order chi connectivity index (χ1) is 12.0. The largest absolute Gasteiger partial charge is 0.418 e. The molecule has 0 radical (unpaired) electrons. The molecule has 7 heteroatoms. The van der Waals surface area contributed by atoms with Gasteiger partial charge in [0.15, 0.2) is 0 Å². The van der Waals surface area contributed by atoms with Crippen molar-refractivity contribution in [1.29, 1.82) is 0 Å². The van der Waals surface area contributed by atoms with E-state index in [4.69, 9.17) is 0 Å². The van der Waals surface area contributed by atoms with Crippen molar-refractivity contribution in [1.82, 2.24) is 9.97 Å². The van der Waals surface area contributed by atoms with Crippen molar-refractivity contribution in [3.8, 4) is 11.3 Å². The van der Waals surface area contributed by atoms with E-state index in [2.05, 4.69) is 20.6 Å². The molecule has 3 aromatic rings. The van der Waals surface area contributed by atoms with E-state index in [1.54, 1.807) is 13.1 Å². The van der Waals surface area contributed by atoms with Gasteiger partial charge < -0.3 is 10.6 Å². The molecule has 25 heavy (non-hydrogen) atoms. The Bertz CT molecular complexity index is 864. The maximum Gasteiger partial charge on any atom is 0.418 e. The van der Waals surface area contributed by atoms with E-state index in [-0.39, 0.29) is 11.5 Å². The van der Waals surface area contributed by atoms with Crippen LogP contribution in [0.2, 0.25) is 0 Å². The Hall–Kier alpha value is -3.09. The number of hydrogen-bond acceptors (Lipinski definition) is 4. The van der Waals surface area contributed by atoms with Crippen LogP contribution in [0.25, 0.3) is 11.3 Å². The summed E-state index contributed by atoms with van der Waals surface area (Å²) in [7, 11) is 1.65. The van der Waals surface area contributed by atoms with E-state index in [1.807, 2.05) is 30.3 Å². The molecule has 0 saturated heterocycles. The summed E-state index contributed by atoms with van der Waals surface area (Å²) in [6, 6.07) is 16.2. The molecular formula is C18H15F3N4. The van der Waals surface area contributed by atoms with Crippen molar-refractivity contribution in [2.75, 3.05) is 17.7 Å². The standard InChI is InChI=1S/C18H15F3N4/c1-22-17-24-15(12-7-3-2-4-8-12)11-16(25-17)23-14-10-6-5-9-13(14)18(19,20)21/h2-11H,1H3,(H2,22,23,24,25). The third kappa shape index (κ3) is 3.88. The topological polar surface area (TPSA) is 49.8 Å². The van der Waals surface area contributed by atoms with E-state index >= 15 is 0 Å². The van der Waals surface area contributed by atoms with Gasteiger partial charge in [-0.1, -0.05) is 42.5 Å². The Kier molecular flexibility index (Phi) is 4.56. The van der Waals surface area contributed by atoms with Crippen LogP contribution in [-0.4, -0.2) is 17.0 Å². The zero-order chi connectivity index (χ0) is 17.9. The second-order valence-electron chi connectivity index (χ2n) is 5.25. The summed E-state index contributed by atoms with van der Waals surface area (Å²) >= 11 is 0. The lowest BCUT2D eigenvalue weighted by atomic mass is 10.1. The molecule has 0 atom stereocenters. The molecule has 0 aliphatic heterocycles. The Morgan fingerprint density at radius 3 is 2.24 bits per heavy atom. The van der Waals surface area contributed by atoms with Gasteiger partial charge in [-0.2, -0.15) is 18.2 Å². The van der Waals surface area contributed by atoms with Crippen LogP contribution in [0.3, 0.4) is 0 Å². The maximum absolute atomic E-state index is 13.2. The average molecular weight is 344 g/mol. The molecule has 128 valence electrons. The van der Waals surface area contributed by atoms with Crippen molar-refractivity contribution >= 4 is 17.5 Å². The minimum atomic E-state index is -4.45. The predicted octanol–water partition coefficient (Wildman–Crippen LogP) is 4.95. The zero-order valence-corrected chi connectivity index (χ0v) is 13.3. The number of aromatic nitrogens is 2. The highest BCUT2D eigenvalue weighted by atomic mass is 19.4. The minimum absolute atomic E-state index is 0.0604. The zero-order valence-electron chi connectivity index (χ0n) is 13.3. The number of nitrogens with one attached hydrogen (secondary N) is 2. The fraction of sp³-hybridized carbons (Fsp3) is 0.111. The SMILES string of the molecule is CNc1nc(Nc2ccccc2C(F)(F)F)cc(-c2ccccc2)n1. The lowest BCUT2D eigenvalue weighted by Gasteiger charge is -2.15. The maximum atomic E-state index is 13.2. The number of hydrogen-bond donors (Lipinski definition) is 2. The number of para-hydroxylation sites is 1. The Labute approximate surface area is 142 Å². The molecule has 0 spiro atoms. The highest BCUT2D eigenvalue weighted by molar-refractivity contribution is 5.68. The van der Waals surface area contributed by atoms with Gasteiger partial charge in [0.1, 0.15) is 5.82 Å². The summed E-state index contributed by atoms with van der Waals surface area (Å²) in [6.07, 6.45) is -4.45. The molecule has 0 saturated carbocycles. The fourth-order valence-corrected chi connectivity index (χ4v) is 2.36. The first-order valence-electron chi connectivity index (χ1n) is 7.53. The summed E-state index contributed by atoms with van der Waals surface area (Å²) < 4.78 is 39.5. The normalized spacial score (nSPS) is 11.2. The van der Waals surface area contributed by atoms with E-state index in [9.17, 15) is 13.2 Å². The third-order valence-corrected chi connectivity index (χ3v) is 3.51. The van der Waals surface area contributed by atoms with Gasteiger partial charge >= 0.3 is 6.18 Å². The van der Waals surface area contributed by atoms with Gasteiger partial charge in [0.05, 0.1) is 16.9 Å². The monoisotopic (exact) mass is 344 g/mol. The van der Waals surface area contributed by atoms with Crippen molar-refractivity contribution < 1.29 is 13.2 Å². The number of alkyl halides is 3. The van der Waals surface area contributed by atoms with Crippen molar-refractivity contribution in [2.45, 2.75) is 6.18 Å². The first kappa shape index (κ1) is 16.8. The second kappa shape index (κ2) is 6.80. The van der Waals surface area contributed by atoms with Crippen LogP contribution in [0.4, 0.5) is 30.6 Å². The van der Waals surface area contributed by atoms with Crippen LogP contribution < -0.4 is 10.6 Å². The van der Waals surface area contributed by atoms with Crippen LogP contribution in [0.1, 0.15) is 5.56 Å². The summed E-state index contributed by atoms with van der Waals surface area (Å²) in [5, 5.41) is 5.58. The summed E-state index contributed by atoms with van der Waals surface area (Å²) in [5.41, 5.74) is 0.635. The summed E-state index contributed by atoms with van der Waals surface area (Å²) in [4.78, 5) is 8.55. The first-order valence-corrected chi connectivity index (χ1v) is 7.53. The fourth-order valence-electron chi connectivity index (χ4n) is 2.36. The Morgan fingerprint density at radius 1 is 0.880 bits per heavy atom. The van der Waals surface area contributed by atoms with Gasteiger partial charge in [0.2, 0.25) is 5.95 Å². The van der Waals surface area contributed by atoms with Gasteiger partial charge in [-0.3, -0.25) is 0 Å². The van der Waals surface area contributed by atoms with Crippen molar-refractivity contribution in [3.05, 3.63) is 66.2 Å². The molecule has 3 rings (SSSR count). The molecule has 0 bridgehead atoms. The minimum Gasteiger partial charge on any atom is -0.357 e. The lowest BCUT2D eigenvalue weighted by molar-refractivity contribution is -0.136. The van der Waals surface area contributed by atoms with Gasteiger partial charge in [0, 0.05) is 18.7 Å². The van der Waals surface area contributed by atoms with E-state index in [0.29, 0.717) is 11.6 Å². The molecule has 2 N–H and O–H groups in total. The highest BCUT2D eigenvalue weighted by Gasteiger charge is 2.33. The van der Waals surface area contributed by atoms with Gasteiger partial charge in [-0.15, -0.1) is 0 Å². The summed E-state index contributed by atoms with van der Waals surface area (Å²) in [6.45, 7) is 0.